The molecule has 0 radical (unpaired) electrons. The van der Waals surface area contributed by atoms with E-state index < -0.39 is 0 Å². The van der Waals surface area contributed by atoms with Crippen LogP contribution in [0.25, 0.3) is 6.08 Å². The summed E-state index contributed by atoms with van der Waals surface area (Å²) < 4.78 is 0. The topological polar surface area (TPSA) is 18.5 Å². The molecule has 0 spiro atoms. The number of hydrogen-bond acceptors (Lipinski definition) is 2. The highest BCUT2D eigenvalue weighted by atomic mass is 17.2. The van der Waals surface area contributed by atoms with Gasteiger partial charge in [0, 0.05) is 0 Å². The van der Waals surface area contributed by atoms with E-state index in [1.807, 2.05) is 48.5 Å². The second kappa shape index (κ2) is 5.92. The van der Waals surface area contributed by atoms with Crippen molar-refractivity contribution in [2.45, 2.75) is 13.3 Å². The minimum atomic E-state index is 0.687. The van der Waals surface area contributed by atoms with Gasteiger partial charge in [-0.15, -0.1) is 0 Å². The molecule has 0 aliphatic heterocycles. The van der Waals surface area contributed by atoms with Gasteiger partial charge in [-0.05, 0) is 41.8 Å². The summed E-state index contributed by atoms with van der Waals surface area (Å²) in [7, 11) is 0. The van der Waals surface area contributed by atoms with Crippen molar-refractivity contribution in [2.24, 2.45) is 0 Å². The van der Waals surface area contributed by atoms with E-state index in [4.69, 9.17) is 9.78 Å². The Morgan fingerprint density at radius 3 is 2.50 bits per heavy atom. The third kappa shape index (κ3) is 2.92. The molecule has 0 atom stereocenters. The number of hydrogen-bond donors (Lipinski definition) is 0. The first-order valence-corrected chi connectivity index (χ1v) is 5.98. The summed E-state index contributed by atoms with van der Waals surface area (Å²) in [6.07, 6.45) is 2.70. The summed E-state index contributed by atoms with van der Waals surface area (Å²) in [6, 6.07) is 15.3. The van der Waals surface area contributed by atoms with Crippen molar-refractivity contribution >= 4 is 6.08 Å². The molecule has 0 saturated heterocycles. The molecule has 0 unspecified atom stereocenters. The fourth-order valence-corrected chi connectivity index (χ4v) is 1.65. The molecule has 2 rings (SSSR count). The van der Waals surface area contributed by atoms with Crippen LogP contribution >= 0.6 is 0 Å². The van der Waals surface area contributed by atoms with E-state index >= 15 is 0 Å². The zero-order chi connectivity index (χ0) is 12.8. The second-order valence-electron chi connectivity index (χ2n) is 3.90. The van der Waals surface area contributed by atoms with Crippen molar-refractivity contribution in [1.82, 2.24) is 0 Å². The molecule has 18 heavy (non-hydrogen) atoms. The molecule has 0 saturated carbocycles. The lowest BCUT2D eigenvalue weighted by atomic mass is 10.1. The Morgan fingerprint density at radius 2 is 1.83 bits per heavy atom. The normalized spacial score (nSPS) is 9.83. The molecule has 0 aromatic heterocycles. The van der Waals surface area contributed by atoms with Crippen LogP contribution in [0.5, 0.6) is 11.5 Å². The fourth-order valence-electron chi connectivity index (χ4n) is 1.65. The summed E-state index contributed by atoms with van der Waals surface area (Å²) in [6.45, 7) is 5.84. The van der Waals surface area contributed by atoms with Gasteiger partial charge in [0.2, 0.25) is 0 Å². The van der Waals surface area contributed by atoms with Crippen LogP contribution in [-0.2, 0) is 6.42 Å². The van der Waals surface area contributed by atoms with Gasteiger partial charge in [0.25, 0.3) is 0 Å². The third-order valence-electron chi connectivity index (χ3n) is 2.67. The lowest BCUT2D eigenvalue weighted by Gasteiger charge is -2.10. The lowest BCUT2D eigenvalue weighted by molar-refractivity contribution is -0.101. The van der Waals surface area contributed by atoms with Crippen LogP contribution in [0, 0.1) is 0 Å². The molecule has 0 N–H and O–H groups in total. The molecule has 0 heterocycles. The van der Waals surface area contributed by atoms with E-state index in [2.05, 4.69) is 19.6 Å². The van der Waals surface area contributed by atoms with E-state index in [1.165, 1.54) is 0 Å². The number of aryl methyl sites for hydroxylation is 1. The Bertz CT molecular complexity index is 518. The first kappa shape index (κ1) is 12.2. The zero-order valence-corrected chi connectivity index (χ0v) is 10.4. The zero-order valence-electron chi connectivity index (χ0n) is 10.4. The van der Waals surface area contributed by atoms with Crippen LogP contribution in [0.3, 0.4) is 0 Å². The Hall–Kier alpha value is -2.22. The van der Waals surface area contributed by atoms with E-state index in [0.717, 1.165) is 23.3 Å². The summed E-state index contributed by atoms with van der Waals surface area (Å²) in [5.41, 5.74) is 2.18. The minimum Gasteiger partial charge on any atom is -0.290 e. The molecule has 0 bridgehead atoms. The maximum absolute atomic E-state index is 5.38. The molecule has 0 amide bonds. The first-order valence-electron chi connectivity index (χ1n) is 5.98. The predicted octanol–water partition coefficient (Wildman–Crippen LogP) is 4.26. The molecular weight excluding hydrogens is 224 g/mol. The van der Waals surface area contributed by atoms with Crippen LogP contribution in [-0.4, -0.2) is 0 Å². The van der Waals surface area contributed by atoms with Gasteiger partial charge in [0.05, 0.1) is 0 Å². The average molecular weight is 240 g/mol. The van der Waals surface area contributed by atoms with Gasteiger partial charge < -0.3 is 0 Å². The first-order chi connectivity index (χ1) is 8.83. The van der Waals surface area contributed by atoms with Crippen molar-refractivity contribution in [2.75, 3.05) is 0 Å². The van der Waals surface area contributed by atoms with E-state index in [-0.39, 0.29) is 0 Å². The van der Waals surface area contributed by atoms with Gasteiger partial charge in [0.1, 0.15) is 0 Å². The monoisotopic (exact) mass is 240 g/mol. The van der Waals surface area contributed by atoms with Crippen molar-refractivity contribution in [1.29, 1.82) is 0 Å². The smallest absolute Gasteiger partial charge is 0.181 e. The second-order valence-corrected chi connectivity index (χ2v) is 3.90. The lowest BCUT2D eigenvalue weighted by Crippen LogP contribution is -2.02. The molecule has 0 aliphatic carbocycles. The van der Waals surface area contributed by atoms with Gasteiger partial charge in [0.15, 0.2) is 11.5 Å². The predicted molar refractivity (Wildman–Crippen MR) is 73.6 cm³/mol. The van der Waals surface area contributed by atoms with Crippen LogP contribution in [0.15, 0.2) is 55.1 Å². The van der Waals surface area contributed by atoms with Crippen molar-refractivity contribution in [3.05, 3.63) is 66.2 Å². The van der Waals surface area contributed by atoms with Crippen LogP contribution in [0.4, 0.5) is 0 Å². The maximum Gasteiger partial charge on any atom is 0.181 e. The van der Waals surface area contributed by atoms with E-state index in [9.17, 15) is 0 Å². The van der Waals surface area contributed by atoms with Crippen molar-refractivity contribution in [3.63, 3.8) is 0 Å². The Labute approximate surface area is 107 Å². The van der Waals surface area contributed by atoms with Gasteiger partial charge in [-0.1, -0.05) is 43.8 Å². The Kier molecular flexibility index (Phi) is 4.02. The molecule has 92 valence electrons. The summed E-state index contributed by atoms with van der Waals surface area (Å²) in [5, 5.41) is 0. The van der Waals surface area contributed by atoms with Gasteiger partial charge in [-0.25, -0.2) is 0 Å². The van der Waals surface area contributed by atoms with Crippen molar-refractivity contribution in [3.8, 4) is 11.5 Å². The molecular formula is C16H16O2. The highest BCUT2D eigenvalue weighted by Gasteiger charge is 2.04. The molecule has 2 heteroatoms. The van der Waals surface area contributed by atoms with Crippen molar-refractivity contribution < 1.29 is 9.78 Å². The molecule has 2 aromatic rings. The molecule has 0 fully saturated rings. The fraction of sp³-hybridized carbons (Fsp3) is 0.125. The number of benzene rings is 2. The largest absolute Gasteiger partial charge is 0.290 e. The van der Waals surface area contributed by atoms with Gasteiger partial charge in [-0.3, -0.25) is 9.78 Å². The average Bonchev–Trinajstić information content (AvgIpc) is 2.46. The van der Waals surface area contributed by atoms with Gasteiger partial charge in [-0.2, -0.15) is 0 Å². The quantitative estimate of drug-likeness (QED) is 0.574. The summed E-state index contributed by atoms with van der Waals surface area (Å²) in [5.74, 6) is 1.43. The molecule has 0 aliphatic rings. The third-order valence-corrected chi connectivity index (χ3v) is 2.67. The number of para-hydroxylation sites is 1. The van der Waals surface area contributed by atoms with Crippen LogP contribution in [0.2, 0.25) is 0 Å². The molecule has 2 nitrogen and oxygen atoms in total. The highest BCUT2D eigenvalue weighted by molar-refractivity contribution is 5.51. The SMILES string of the molecule is C=Cc1ccc(OOc2ccccc2)c(CC)c1. The van der Waals surface area contributed by atoms with E-state index in [1.54, 1.807) is 0 Å². The molecule has 2 aromatic carbocycles. The van der Waals surface area contributed by atoms with E-state index in [0.29, 0.717) is 5.75 Å². The summed E-state index contributed by atoms with van der Waals surface area (Å²) in [4.78, 5) is 10.7. The van der Waals surface area contributed by atoms with Crippen LogP contribution in [0.1, 0.15) is 18.1 Å². The van der Waals surface area contributed by atoms with Gasteiger partial charge >= 0.3 is 0 Å². The summed E-state index contributed by atoms with van der Waals surface area (Å²) >= 11 is 0. The van der Waals surface area contributed by atoms with Crippen LogP contribution < -0.4 is 9.78 Å². The Balaban J connectivity index is 2.11. The highest BCUT2D eigenvalue weighted by Crippen LogP contribution is 2.22. The Morgan fingerprint density at radius 1 is 1.06 bits per heavy atom. The standard InChI is InChI=1S/C16H16O2/c1-3-13-10-11-16(14(4-2)12-13)18-17-15-8-6-5-7-9-15/h3,5-12H,1,4H2,2H3. The maximum atomic E-state index is 5.38. The number of rotatable bonds is 5. The minimum absolute atomic E-state index is 0.687.